The van der Waals surface area contributed by atoms with Crippen LogP contribution in [0.4, 0.5) is 0 Å². The lowest BCUT2D eigenvalue weighted by Crippen LogP contribution is -2.30. The third kappa shape index (κ3) is 1.70. The van der Waals surface area contributed by atoms with E-state index < -0.39 is 17.8 Å². The number of aliphatic hydroxyl groups excluding tert-OH is 3. The minimum absolute atomic E-state index is 0.124. The molecular weight excluding hydrogens is 148 g/mol. The first kappa shape index (κ1) is 8.93. The molecule has 1 aliphatic rings. The zero-order valence-electron chi connectivity index (χ0n) is 6.53. The molecule has 1 aliphatic heterocycles. The van der Waals surface area contributed by atoms with E-state index in [1.54, 1.807) is 6.92 Å². The van der Waals surface area contributed by atoms with E-state index in [0.717, 1.165) is 0 Å². The largest absolute Gasteiger partial charge is 0.394 e. The first-order valence-corrected chi connectivity index (χ1v) is 3.69. The van der Waals surface area contributed by atoms with E-state index in [0.29, 0.717) is 6.42 Å². The van der Waals surface area contributed by atoms with Gasteiger partial charge in [0.2, 0.25) is 0 Å². The molecule has 0 aromatic heterocycles. The highest BCUT2D eigenvalue weighted by atomic mass is 16.6. The zero-order valence-corrected chi connectivity index (χ0v) is 6.53. The SMILES string of the molecule is CC1(CO)C[C@@H](O)[C@@H](CO)O1. The molecule has 1 heterocycles. The smallest absolute Gasteiger partial charge is 0.107 e. The Kier molecular flexibility index (Phi) is 2.49. The Morgan fingerprint density at radius 2 is 2.18 bits per heavy atom. The molecular formula is C7H14O4. The van der Waals surface area contributed by atoms with E-state index in [9.17, 15) is 5.11 Å². The molecule has 1 fully saturated rings. The second-order valence-corrected chi connectivity index (χ2v) is 3.22. The third-order valence-electron chi connectivity index (χ3n) is 2.02. The van der Waals surface area contributed by atoms with Crippen molar-refractivity contribution >= 4 is 0 Å². The van der Waals surface area contributed by atoms with Gasteiger partial charge in [0.15, 0.2) is 0 Å². The molecule has 0 bridgehead atoms. The van der Waals surface area contributed by atoms with Crippen LogP contribution in [0.15, 0.2) is 0 Å². The summed E-state index contributed by atoms with van der Waals surface area (Å²) in [6.45, 7) is 1.39. The number of hydrogen-bond acceptors (Lipinski definition) is 4. The molecule has 11 heavy (non-hydrogen) atoms. The van der Waals surface area contributed by atoms with Gasteiger partial charge in [0.05, 0.1) is 24.9 Å². The van der Waals surface area contributed by atoms with Gasteiger partial charge >= 0.3 is 0 Å². The van der Waals surface area contributed by atoms with Crippen LogP contribution in [0.3, 0.4) is 0 Å². The highest BCUT2D eigenvalue weighted by Gasteiger charge is 2.41. The van der Waals surface area contributed by atoms with Crippen molar-refractivity contribution in [2.24, 2.45) is 0 Å². The highest BCUT2D eigenvalue weighted by molar-refractivity contribution is 4.90. The molecule has 66 valence electrons. The number of aliphatic hydroxyl groups is 3. The molecule has 0 aliphatic carbocycles. The summed E-state index contributed by atoms with van der Waals surface area (Å²) >= 11 is 0. The maximum absolute atomic E-state index is 9.26. The van der Waals surface area contributed by atoms with Crippen LogP contribution in [0.2, 0.25) is 0 Å². The van der Waals surface area contributed by atoms with Crippen LogP contribution in [0.1, 0.15) is 13.3 Å². The van der Waals surface area contributed by atoms with Gasteiger partial charge in [-0.25, -0.2) is 0 Å². The maximum Gasteiger partial charge on any atom is 0.107 e. The van der Waals surface area contributed by atoms with Crippen molar-refractivity contribution in [3.8, 4) is 0 Å². The number of hydrogen-bond donors (Lipinski definition) is 3. The van der Waals surface area contributed by atoms with Crippen molar-refractivity contribution < 1.29 is 20.1 Å². The second-order valence-electron chi connectivity index (χ2n) is 3.22. The summed E-state index contributed by atoms with van der Waals surface area (Å²) in [7, 11) is 0. The van der Waals surface area contributed by atoms with Crippen molar-refractivity contribution in [3.05, 3.63) is 0 Å². The van der Waals surface area contributed by atoms with Crippen LogP contribution in [0.5, 0.6) is 0 Å². The monoisotopic (exact) mass is 162 g/mol. The van der Waals surface area contributed by atoms with E-state index in [4.69, 9.17) is 14.9 Å². The lowest BCUT2D eigenvalue weighted by Gasteiger charge is -2.20. The van der Waals surface area contributed by atoms with E-state index in [2.05, 4.69) is 0 Å². The highest BCUT2D eigenvalue weighted by Crippen LogP contribution is 2.29. The summed E-state index contributed by atoms with van der Waals surface area (Å²) in [5, 5.41) is 26.8. The Hall–Kier alpha value is -0.160. The fraction of sp³-hybridized carbons (Fsp3) is 1.00. The first-order chi connectivity index (χ1) is 5.11. The Morgan fingerprint density at radius 1 is 1.55 bits per heavy atom. The van der Waals surface area contributed by atoms with Crippen LogP contribution in [-0.2, 0) is 4.74 Å². The maximum atomic E-state index is 9.26. The Bertz CT molecular complexity index is 138. The van der Waals surface area contributed by atoms with Gasteiger partial charge in [-0.05, 0) is 6.92 Å². The van der Waals surface area contributed by atoms with Gasteiger partial charge in [-0.15, -0.1) is 0 Å². The molecule has 4 nitrogen and oxygen atoms in total. The standard InChI is InChI=1S/C7H14O4/c1-7(4-9)2-5(10)6(3-8)11-7/h5-6,8-10H,2-4H2,1H3/t5-,6-,7?/m1/s1. The second kappa shape index (κ2) is 3.06. The fourth-order valence-corrected chi connectivity index (χ4v) is 1.33. The number of ether oxygens (including phenoxy) is 1. The molecule has 0 saturated carbocycles. The molecule has 0 aromatic rings. The van der Waals surface area contributed by atoms with Crippen molar-refractivity contribution in [2.45, 2.75) is 31.2 Å². The van der Waals surface area contributed by atoms with Crippen LogP contribution in [-0.4, -0.2) is 46.3 Å². The van der Waals surface area contributed by atoms with E-state index >= 15 is 0 Å². The van der Waals surface area contributed by atoms with Gasteiger partial charge in [-0.3, -0.25) is 0 Å². The fourth-order valence-electron chi connectivity index (χ4n) is 1.33. The van der Waals surface area contributed by atoms with Crippen molar-refractivity contribution in [1.82, 2.24) is 0 Å². The summed E-state index contributed by atoms with van der Waals surface area (Å²) in [5.41, 5.74) is -0.674. The Balaban J connectivity index is 2.55. The minimum Gasteiger partial charge on any atom is -0.394 e. The average molecular weight is 162 g/mol. The topological polar surface area (TPSA) is 69.9 Å². The van der Waals surface area contributed by atoms with Crippen LogP contribution in [0, 0.1) is 0 Å². The van der Waals surface area contributed by atoms with Crippen LogP contribution in [0.25, 0.3) is 0 Å². The third-order valence-corrected chi connectivity index (χ3v) is 2.02. The van der Waals surface area contributed by atoms with Crippen molar-refractivity contribution in [3.63, 3.8) is 0 Å². The predicted molar refractivity (Wildman–Crippen MR) is 38.1 cm³/mol. The van der Waals surface area contributed by atoms with Gasteiger partial charge in [0.1, 0.15) is 6.10 Å². The van der Waals surface area contributed by atoms with Crippen LogP contribution >= 0.6 is 0 Å². The van der Waals surface area contributed by atoms with E-state index in [1.165, 1.54) is 0 Å². The molecule has 0 amide bonds. The summed E-state index contributed by atoms with van der Waals surface area (Å²) in [6.07, 6.45) is -0.807. The lowest BCUT2D eigenvalue weighted by atomic mass is 10.0. The molecule has 1 unspecified atom stereocenters. The Morgan fingerprint density at radius 3 is 2.45 bits per heavy atom. The van der Waals surface area contributed by atoms with Gasteiger partial charge in [0.25, 0.3) is 0 Å². The van der Waals surface area contributed by atoms with Gasteiger partial charge in [-0.2, -0.15) is 0 Å². The molecule has 4 heteroatoms. The molecule has 1 saturated heterocycles. The summed E-state index contributed by atoms with van der Waals surface area (Å²) in [4.78, 5) is 0. The Labute approximate surface area is 65.4 Å². The summed E-state index contributed by atoms with van der Waals surface area (Å²) in [6, 6.07) is 0. The van der Waals surface area contributed by atoms with Crippen molar-refractivity contribution in [2.75, 3.05) is 13.2 Å². The molecule has 0 aromatic carbocycles. The minimum atomic E-state index is -0.674. The molecule has 0 radical (unpaired) electrons. The average Bonchev–Trinajstić information content (AvgIpc) is 2.27. The zero-order chi connectivity index (χ0) is 8.48. The van der Waals surface area contributed by atoms with Gasteiger partial charge in [-0.1, -0.05) is 0 Å². The molecule has 1 rings (SSSR count). The van der Waals surface area contributed by atoms with Gasteiger partial charge in [0, 0.05) is 6.42 Å². The normalized spacial score (nSPS) is 44.7. The lowest BCUT2D eigenvalue weighted by molar-refractivity contribution is -0.0844. The molecule has 0 spiro atoms. The van der Waals surface area contributed by atoms with Gasteiger partial charge < -0.3 is 20.1 Å². The number of rotatable bonds is 2. The molecule has 3 atom stereocenters. The summed E-state index contributed by atoms with van der Waals surface area (Å²) < 4.78 is 5.21. The van der Waals surface area contributed by atoms with E-state index in [1.807, 2.05) is 0 Å². The predicted octanol–water partition coefficient (Wildman–Crippen LogP) is -1.12. The summed E-state index contributed by atoms with van der Waals surface area (Å²) in [5.74, 6) is 0. The van der Waals surface area contributed by atoms with Crippen molar-refractivity contribution in [1.29, 1.82) is 0 Å². The quantitative estimate of drug-likeness (QED) is 0.481. The van der Waals surface area contributed by atoms with E-state index in [-0.39, 0.29) is 13.2 Å². The first-order valence-electron chi connectivity index (χ1n) is 3.69. The molecule has 3 N–H and O–H groups in total. The van der Waals surface area contributed by atoms with Crippen LogP contribution < -0.4 is 0 Å².